The summed E-state index contributed by atoms with van der Waals surface area (Å²) in [6, 6.07) is 6.79. The molecule has 84 valence electrons. The zero-order valence-corrected chi connectivity index (χ0v) is 10.3. The largest absolute Gasteiger partial charge is 0.294 e. The van der Waals surface area contributed by atoms with Crippen molar-refractivity contribution < 1.29 is 4.79 Å². The summed E-state index contributed by atoms with van der Waals surface area (Å²) >= 11 is 11.6. The van der Waals surface area contributed by atoms with E-state index in [2.05, 4.69) is 0 Å². The zero-order chi connectivity index (χ0) is 12.1. The van der Waals surface area contributed by atoms with E-state index in [4.69, 9.17) is 28.5 Å². The molecule has 0 bridgehead atoms. The third-order valence-electron chi connectivity index (χ3n) is 2.41. The molecule has 0 N–H and O–H groups in total. The maximum absolute atomic E-state index is 12.0. The van der Waals surface area contributed by atoms with Gasteiger partial charge >= 0.3 is 0 Å². The highest BCUT2D eigenvalue weighted by atomic mass is 35.5. The van der Waals surface area contributed by atoms with Crippen LogP contribution in [0.25, 0.3) is 0 Å². The highest BCUT2D eigenvalue weighted by molar-refractivity contribution is 6.42. The van der Waals surface area contributed by atoms with Crippen LogP contribution in [-0.4, -0.2) is 5.78 Å². The maximum atomic E-state index is 12.0. The first-order valence-electron chi connectivity index (χ1n) is 4.96. The van der Waals surface area contributed by atoms with Crippen LogP contribution in [0.15, 0.2) is 18.2 Å². The van der Waals surface area contributed by atoms with Gasteiger partial charge in [0.05, 0.1) is 16.1 Å². The zero-order valence-electron chi connectivity index (χ0n) is 8.84. The molecule has 0 fully saturated rings. The van der Waals surface area contributed by atoms with Crippen molar-refractivity contribution in [1.82, 2.24) is 0 Å². The number of carbonyl (C=O) groups excluding carboxylic acids is 1. The normalized spacial score (nSPS) is 11.9. The first-order chi connectivity index (χ1) is 7.60. The Labute approximate surface area is 105 Å². The molecule has 0 spiro atoms. The van der Waals surface area contributed by atoms with Gasteiger partial charge in [-0.2, -0.15) is 5.26 Å². The van der Waals surface area contributed by atoms with Gasteiger partial charge in [0, 0.05) is 17.9 Å². The van der Waals surface area contributed by atoms with Crippen LogP contribution in [0.5, 0.6) is 0 Å². The standard InChI is InChI=1S/C12H11Cl2NO/c1-2-8(5-6-15)12(16)9-3-4-10(13)11(14)7-9/h3-4,7-8H,2,5H2,1H3. The van der Waals surface area contributed by atoms with Gasteiger partial charge in [-0.05, 0) is 24.6 Å². The van der Waals surface area contributed by atoms with E-state index in [9.17, 15) is 4.79 Å². The van der Waals surface area contributed by atoms with Crippen molar-refractivity contribution in [3.8, 4) is 6.07 Å². The number of carbonyl (C=O) groups is 1. The molecule has 1 rings (SSSR count). The van der Waals surface area contributed by atoms with Crippen molar-refractivity contribution in [2.45, 2.75) is 19.8 Å². The SMILES string of the molecule is CCC(CC#N)C(=O)c1ccc(Cl)c(Cl)c1. The van der Waals surface area contributed by atoms with Gasteiger partial charge in [-0.25, -0.2) is 0 Å². The number of rotatable bonds is 4. The lowest BCUT2D eigenvalue weighted by molar-refractivity contribution is 0.0918. The highest BCUT2D eigenvalue weighted by Gasteiger charge is 2.18. The van der Waals surface area contributed by atoms with Crippen molar-refractivity contribution in [3.05, 3.63) is 33.8 Å². The Kier molecular flexibility index (Phi) is 4.79. The van der Waals surface area contributed by atoms with Gasteiger partial charge in [0.15, 0.2) is 5.78 Å². The number of ketones is 1. The lowest BCUT2D eigenvalue weighted by Gasteiger charge is -2.10. The summed E-state index contributed by atoms with van der Waals surface area (Å²) in [5, 5.41) is 9.40. The third kappa shape index (κ3) is 2.98. The minimum atomic E-state index is -0.262. The van der Waals surface area contributed by atoms with E-state index >= 15 is 0 Å². The van der Waals surface area contributed by atoms with Crippen molar-refractivity contribution >= 4 is 29.0 Å². The molecule has 0 aliphatic heterocycles. The fourth-order valence-electron chi connectivity index (χ4n) is 1.42. The van der Waals surface area contributed by atoms with Crippen LogP contribution in [0.2, 0.25) is 10.0 Å². The molecule has 4 heteroatoms. The lowest BCUT2D eigenvalue weighted by Crippen LogP contribution is -2.13. The minimum absolute atomic E-state index is 0.0531. The number of benzene rings is 1. The average molecular weight is 256 g/mol. The second kappa shape index (κ2) is 5.89. The fourth-order valence-corrected chi connectivity index (χ4v) is 1.72. The van der Waals surface area contributed by atoms with Gasteiger partial charge in [-0.1, -0.05) is 30.1 Å². The van der Waals surface area contributed by atoms with Gasteiger partial charge < -0.3 is 0 Å². The Morgan fingerprint density at radius 1 is 1.44 bits per heavy atom. The summed E-state index contributed by atoms with van der Waals surface area (Å²) in [6.45, 7) is 1.89. The Balaban J connectivity index is 2.95. The molecule has 0 aliphatic carbocycles. The van der Waals surface area contributed by atoms with Crippen molar-refractivity contribution in [1.29, 1.82) is 5.26 Å². The highest BCUT2D eigenvalue weighted by Crippen LogP contribution is 2.25. The van der Waals surface area contributed by atoms with E-state index in [1.54, 1.807) is 18.2 Å². The Morgan fingerprint density at radius 3 is 2.62 bits per heavy atom. The number of Topliss-reactive ketones (excluding diaryl/α,β-unsaturated/α-hetero) is 1. The maximum Gasteiger partial charge on any atom is 0.167 e. The first kappa shape index (κ1) is 13.0. The lowest BCUT2D eigenvalue weighted by atomic mass is 9.93. The summed E-state index contributed by atoms with van der Waals surface area (Å²) in [7, 11) is 0. The predicted molar refractivity (Wildman–Crippen MR) is 64.8 cm³/mol. The number of nitriles is 1. The number of hydrogen-bond donors (Lipinski definition) is 0. The molecule has 0 heterocycles. The molecule has 1 unspecified atom stereocenters. The van der Waals surface area contributed by atoms with Crippen LogP contribution in [0.3, 0.4) is 0 Å². The van der Waals surface area contributed by atoms with Crippen LogP contribution < -0.4 is 0 Å². The molecule has 1 atom stereocenters. The van der Waals surface area contributed by atoms with Gasteiger partial charge in [-0.15, -0.1) is 0 Å². The summed E-state index contributed by atoms with van der Waals surface area (Å²) in [5.74, 6) is -0.315. The van der Waals surface area contributed by atoms with Crippen LogP contribution in [0.1, 0.15) is 30.1 Å². The van der Waals surface area contributed by atoms with Crippen molar-refractivity contribution in [2.75, 3.05) is 0 Å². The van der Waals surface area contributed by atoms with Crippen molar-refractivity contribution in [3.63, 3.8) is 0 Å². The van der Waals surface area contributed by atoms with E-state index in [1.807, 2.05) is 13.0 Å². The quantitative estimate of drug-likeness (QED) is 0.760. The smallest absolute Gasteiger partial charge is 0.167 e. The van der Waals surface area contributed by atoms with Gasteiger partial charge in [0.2, 0.25) is 0 Å². The summed E-state index contributed by atoms with van der Waals surface area (Å²) in [6.07, 6.45) is 0.877. The van der Waals surface area contributed by atoms with Crippen LogP contribution >= 0.6 is 23.2 Å². The molecule has 0 radical (unpaired) electrons. The second-order valence-electron chi connectivity index (χ2n) is 3.46. The van der Waals surface area contributed by atoms with Crippen LogP contribution in [-0.2, 0) is 0 Å². The molecule has 1 aromatic rings. The molecule has 0 aliphatic rings. The third-order valence-corrected chi connectivity index (χ3v) is 3.14. The topological polar surface area (TPSA) is 40.9 Å². The molecular formula is C12H11Cl2NO. The van der Waals surface area contributed by atoms with Gasteiger partial charge in [0.1, 0.15) is 0 Å². The summed E-state index contributed by atoms with van der Waals surface area (Å²) < 4.78 is 0. The molecule has 0 aromatic heterocycles. The van der Waals surface area contributed by atoms with E-state index in [0.29, 0.717) is 22.0 Å². The molecule has 0 amide bonds. The fraction of sp³-hybridized carbons (Fsp3) is 0.333. The number of nitrogens with zero attached hydrogens (tertiary/aromatic N) is 1. The van der Waals surface area contributed by atoms with Gasteiger partial charge in [-0.3, -0.25) is 4.79 Å². The molecule has 0 saturated heterocycles. The van der Waals surface area contributed by atoms with Crippen molar-refractivity contribution in [2.24, 2.45) is 5.92 Å². The first-order valence-corrected chi connectivity index (χ1v) is 5.72. The molecular weight excluding hydrogens is 245 g/mol. The average Bonchev–Trinajstić information content (AvgIpc) is 2.28. The molecule has 0 saturated carbocycles. The molecule has 2 nitrogen and oxygen atoms in total. The summed E-state index contributed by atoms with van der Waals surface area (Å²) in [5.41, 5.74) is 0.511. The van der Waals surface area contributed by atoms with Gasteiger partial charge in [0.25, 0.3) is 0 Å². The second-order valence-corrected chi connectivity index (χ2v) is 4.27. The molecule has 1 aromatic carbocycles. The Morgan fingerprint density at radius 2 is 2.12 bits per heavy atom. The van der Waals surface area contributed by atoms with E-state index in [-0.39, 0.29) is 18.1 Å². The number of hydrogen-bond acceptors (Lipinski definition) is 2. The van der Waals surface area contributed by atoms with E-state index in [1.165, 1.54) is 0 Å². The Bertz CT molecular complexity index is 437. The van der Waals surface area contributed by atoms with Crippen LogP contribution in [0.4, 0.5) is 0 Å². The summed E-state index contributed by atoms with van der Waals surface area (Å²) in [4.78, 5) is 12.0. The van der Waals surface area contributed by atoms with E-state index in [0.717, 1.165) is 0 Å². The predicted octanol–water partition coefficient (Wildman–Crippen LogP) is 4.12. The Hall–Kier alpha value is -1.04. The minimum Gasteiger partial charge on any atom is -0.294 e. The molecule has 16 heavy (non-hydrogen) atoms. The van der Waals surface area contributed by atoms with Crippen LogP contribution in [0, 0.1) is 17.2 Å². The monoisotopic (exact) mass is 255 g/mol. The van der Waals surface area contributed by atoms with E-state index < -0.39 is 0 Å². The number of halogens is 2.